The van der Waals surface area contributed by atoms with Crippen molar-refractivity contribution in [1.82, 2.24) is 10.2 Å². The molecule has 1 aliphatic heterocycles. The van der Waals surface area contributed by atoms with E-state index in [-0.39, 0.29) is 18.3 Å². The van der Waals surface area contributed by atoms with Gasteiger partial charge in [0.2, 0.25) is 5.91 Å². The molecule has 0 aliphatic carbocycles. The number of benzene rings is 1. The fourth-order valence-corrected chi connectivity index (χ4v) is 2.72. The quantitative estimate of drug-likeness (QED) is 0.929. The Morgan fingerprint density at radius 2 is 2.15 bits per heavy atom. The van der Waals surface area contributed by atoms with Crippen LogP contribution in [-0.2, 0) is 11.2 Å². The number of amides is 1. The van der Waals surface area contributed by atoms with E-state index in [1.54, 1.807) is 0 Å². The number of aryl methyl sites for hydroxylation is 3. The number of nitrogens with zero attached hydrogens (tertiary/aromatic N) is 1. The molecule has 1 aromatic carbocycles. The smallest absolute Gasteiger partial charge is 0.223 e. The second-order valence-corrected chi connectivity index (χ2v) is 5.57. The van der Waals surface area contributed by atoms with Gasteiger partial charge in [-0.2, -0.15) is 0 Å². The monoisotopic (exact) mass is 296 g/mol. The van der Waals surface area contributed by atoms with Gasteiger partial charge in [-0.15, -0.1) is 12.4 Å². The van der Waals surface area contributed by atoms with Crippen LogP contribution >= 0.6 is 12.4 Å². The second-order valence-electron chi connectivity index (χ2n) is 5.57. The van der Waals surface area contributed by atoms with Crippen LogP contribution in [0.15, 0.2) is 18.2 Å². The van der Waals surface area contributed by atoms with E-state index in [2.05, 4.69) is 44.3 Å². The summed E-state index contributed by atoms with van der Waals surface area (Å²) >= 11 is 0. The lowest BCUT2D eigenvalue weighted by Crippen LogP contribution is -2.52. The van der Waals surface area contributed by atoms with Crippen LogP contribution in [0.2, 0.25) is 0 Å². The van der Waals surface area contributed by atoms with Crippen LogP contribution < -0.4 is 5.32 Å². The Morgan fingerprint density at radius 1 is 1.40 bits per heavy atom. The number of rotatable bonds is 3. The molecule has 1 saturated heterocycles. The van der Waals surface area contributed by atoms with Gasteiger partial charge in [0, 0.05) is 32.1 Å². The Kier molecular flexibility index (Phi) is 6.50. The van der Waals surface area contributed by atoms with Crippen molar-refractivity contribution in [2.75, 3.05) is 19.6 Å². The highest BCUT2D eigenvalue weighted by Gasteiger charge is 2.22. The van der Waals surface area contributed by atoms with Gasteiger partial charge in [-0.3, -0.25) is 4.79 Å². The van der Waals surface area contributed by atoms with Gasteiger partial charge in [-0.1, -0.05) is 23.8 Å². The van der Waals surface area contributed by atoms with Gasteiger partial charge in [-0.05, 0) is 38.3 Å². The van der Waals surface area contributed by atoms with Crippen molar-refractivity contribution in [2.45, 2.75) is 39.7 Å². The lowest BCUT2D eigenvalue weighted by atomic mass is 10.0. The third-order valence-electron chi connectivity index (χ3n) is 3.93. The lowest BCUT2D eigenvalue weighted by Gasteiger charge is -2.34. The molecular formula is C16H25ClN2O. The number of hydrogen-bond acceptors (Lipinski definition) is 2. The average molecular weight is 297 g/mol. The number of piperazine rings is 1. The van der Waals surface area contributed by atoms with Crippen molar-refractivity contribution in [3.63, 3.8) is 0 Å². The molecule has 4 heteroatoms. The van der Waals surface area contributed by atoms with Crippen molar-refractivity contribution in [2.24, 2.45) is 0 Å². The van der Waals surface area contributed by atoms with Crippen LogP contribution in [0.25, 0.3) is 0 Å². The molecule has 1 N–H and O–H groups in total. The first kappa shape index (κ1) is 17.0. The molecule has 0 bridgehead atoms. The minimum atomic E-state index is 0. The highest BCUT2D eigenvalue weighted by Crippen LogP contribution is 2.14. The molecule has 1 aliphatic rings. The van der Waals surface area contributed by atoms with E-state index in [1.165, 1.54) is 16.7 Å². The molecule has 2 rings (SSSR count). The number of hydrogen-bond donors (Lipinski definition) is 1. The maximum absolute atomic E-state index is 12.3. The van der Waals surface area contributed by atoms with Gasteiger partial charge in [0.1, 0.15) is 0 Å². The molecule has 0 spiro atoms. The fourth-order valence-electron chi connectivity index (χ4n) is 2.72. The van der Waals surface area contributed by atoms with Crippen LogP contribution in [0.3, 0.4) is 0 Å². The van der Waals surface area contributed by atoms with Crippen molar-refractivity contribution in [3.05, 3.63) is 34.9 Å². The first-order valence-electron chi connectivity index (χ1n) is 7.14. The molecule has 0 saturated carbocycles. The predicted molar refractivity (Wildman–Crippen MR) is 85.5 cm³/mol. The van der Waals surface area contributed by atoms with E-state index in [0.29, 0.717) is 12.5 Å². The Morgan fingerprint density at radius 3 is 2.80 bits per heavy atom. The Bertz CT molecular complexity index is 462. The molecule has 1 amide bonds. The van der Waals surface area contributed by atoms with E-state index in [1.807, 2.05) is 4.90 Å². The first-order chi connectivity index (χ1) is 9.08. The number of nitrogens with one attached hydrogen (secondary N) is 1. The normalized spacial score (nSPS) is 18.6. The Balaban J connectivity index is 0.00000200. The highest BCUT2D eigenvalue weighted by atomic mass is 35.5. The zero-order valence-electron chi connectivity index (χ0n) is 12.6. The summed E-state index contributed by atoms with van der Waals surface area (Å²) in [6, 6.07) is 6.78. The summed E-state index contributed by atoms with van der Waals surface area (Å²) in [5.41, 5.74) is 3.87. The molecule has 1 fully saturated rings. The molecule has 1 atom stereocenters. The number of halogens is 1. The van der Waals surface area contributed by atoms with Gasteiger partial charge in [0.25, 0.3) is 0 Å². The number of carbonyl (C=O) groups is 1. The molecule has 1 heterocycles. The summed E-state index contributed by atoms with van der Waals surface area (Å²) in [6.45, 7) is 9.01. The third-order valence-corrected chi connectivity index (χ3v) is 3.93. The topological polar surface area (TPSA) is 32.3 Å². The lowest BCUT2D eigenvalue weighted by molar-refractivity contribution is -0.133. The minimum absolute atomic E-state index is 0. The molecule has 1 aromatic rings. The SMILES string of the molecule is Cc1ccc(CCC(=O)N2CCNC[C@H]2C)c(C)c1.Cl. The molecule has 0 radical (unpaired) electrons. The van der Waals surface area contributed by atoms with E-state index in [9.17, 15) is 4.79 Å². The van der Waals surface area contributed by atoms with Gasteiger partial charge >= 0.3 is 0 Å². The standard InChI is InChI=1S/C16H24N2O.ClH/c1-12-4-5-15(13(2)10-12)6-7-16(19)18-9-8-17-11-14(18)3;/h4-5,10,14,17H,6-9,11H2,1-3H3;1H/t14-;/m1./s1. The van der Waals surface area contributed by atoms with E-state index in [0.717, 1.165) is 26.1 Å². The van der Waals surface area contributed by atoms with E-state index in [4.69, 9.17) is 0 Å². The molecule has 20 heavy (non-hydrogen) atoms. The highest BCUT2D eigenvalue weighted by molar-refractivity contribution is 5.85. The van der Waals surface area contributed by atoms with Crippen molar-refractivity contribution >= 4 is 18.3 Å². The molecule has 112 valence electrons. The Hall–Kier alpha value is -1.06. The van der Waals surface area contributed by atoms with Crippen LogP contribution in [0.4, 0.5) is 0 Å². The van der Waals surface area contributed by atoms with Gasteiger partial charge in [0.15, 0.2) is 0 Å². The summed E-state index contributed by atoms with van der Waals surface area (Å²) in [5, 5.41) is 3.31. The van der Waals surface area contributed by atoms with E-state index >= 15 is 0 Å². The van der Waals surface area contributed by atoms with Crippen molar-refractivity contribution in [1.29, 1.82) is 0 Å². The maximum Gasteiger partial charge on any atom is 0.223 e. The van der Waals surface area contributed by atoms with Crippen molar-refractivity contribution in [3.8, 4) is 0 Å². The van der Waals surface area contributed by atoms with E-state index < -0.39 is 0 Å². The number of carbonyl (C=O) groups excluding carboxylic acids is 1. The first-order valence-corrected chi connectivity index (χ1v) is 7.14. The van der Waals surface area contributed by atoms with Crippen LogP contribution in [-0.4, -0.2) is 36.5 Å². The summed E-state index contributed by atoms with van der Waals surface area (Å²) < 4.78 is 0. The van der Waals surface area contributed by atoms with Gasteiger partial charge in [-0.25, -0.2) is 0 Å². The summed E-state index contributed by atoms with van der Waals surface area (Å²) in [5.74, 6) is 0.286. The van der Waals surface area contributed by atoms with Crippen LogP contribution in [0, 0.1) is 13.8 Å². The molecular weight excluding hydrogens is 272 g/mol. The largest absolute Gasteiger partial charge is 0.337 e. The summed E-state index contributed by atoms with van der Waals surface area (Å²) in [6.07, 6.45) is 1.47. The van der Waals surface area contributed by atoms with Gasteiger partial charge < -0.3 is 10.2 Å². The average Bonchev–Trinajstić information content (AvgIpc) is 2.38. The van der Waals surface area contributed by atoms with Crippen molar-refractivity contribution < 1.29 is 4.79 Å². The summed E-state index contributed by atoms with van der Waals surface area (Å²) in [4.78, 5) is 14.3. The molecule has 0 unspecified atom stereocenters. The minimum Gasteiger partial charge on any atom is -0.337 e. The second kappa shape index (κ2) is 7.65. The molecule has 3 nitrogen and oxygen atoms in total. The predicted octanol–water partition coefficient (Wildman–Crippen LogP) is 2.48. The third kappa shape index (κ3) is 4.22. The zero-order chi connectivity index (χ0) is 13.8. The van der Waals surface area contributed by atoms with Gasteiger partial charge in [0.05, 0.1) is 0 Å². The molecule has 0 aromatic heterocycles. The maximum atomic E-state index is 12.3. The fraction of sp³-hybridized carbons (Fsp3) is 0.562. The van der Waals surface area contributed by atoms with Crippen LogP contribution in [0.1, 0.15) is 30.0 Å². The summed E-state index contributed by atoms with van der Waals surface area (Å²) in [7, 11) is 0. The zero-order valence-corrected chi connectivity index (χ0v) is 13.4. The van der Waals surface area contributed by atoms with Crippen LogP contribution in [0.5, 0.6) is 0 Å². The Labute approximate surface area is 128 Å².